The fraction of sp³-hybridized carbons (Fsp3) is 0.471. The standard InChI is InChI=1S/C17H23N5/c1-4-21-8-10-22(11-9-21)17-14(3)19-20-16(18-17)15-7-5-6-13(2)12-15/h5-7,12H,4,8-11H2,1-3H3. The first-order chi connectivity index (χ1) is 10.7. The molecule has 2 aromatic rings. The molecule has 1 aliphatic heterocycles. The summed E-state index contributed by atoms with van der Waals surface area (Å²) in [5.74, 6) is 1.68. The maximum atomic E-state index is 4.79. The van der Waals surface area contributed by atoms with Gasteiger partial charge in [0.05, 0.1) is 0 Å². The fourth-order valence-corrected chi connectivity index (χ4v) is 2.85. The number of likely N-dealkylation sites (N-methyl/N-ethyl adjacent to an activating group) is 1. The lowest BCUT2D eigenvalue weighted by atomic mass is 10.1. The topological polar surface area (TPSA) is 45.2 Å². The number of aromatic nitrogens is 3. The van der Waals surface area contributed by atoms with Crippen LogP contribution in [0.4, 0.5) is 5.82 Å². The van der Waals surface area contributed by atoms with Gasteiger partial charge in [-0.1, -0.05) is 30.7 Å². The molecule has 2 heterocycles. The van der Waals surface area contributed by atoms with E-state index in [0.29, 0.717) is 5.82 Å². The third-order valence-corrected chi connectivity index (χ3v) is 4.23. The second-order valence-electron chi connectivity index (χ2n) is 5.84. The number of benzene rings is 1. The molecule has 1 aromatic carbocycles. The van der Waals surface area contributed by atoms with Crippen molar-refractivity contribution in [2.75, 3.05) is 37.6 Å². The molecule has 1 fully saturated rings. The van der Waals surface area contributed by atoms with E-state index in [1.54, 1.807) is 0 Å². The molecule has 22 heavy (non-hydrogen) atoms. The summed E-state index contributed by atoms with van der Waals surface area (Å²) >= 11 is 0. The Labute approximate surface area is 132 Å². The van der Waals surface area contributed by atoms with E-state index in [0.717, 1.165) is 49.8 Å². The van der Waals surface area contributed by atoms with E-state index in [1.165, 1.54) is 5.56 Å². The van der Waals surface area contributed by atoms with Crippen LogP contribution in [0.15, 0.2) is 24.3 Å². The Hall–Kier alpha value is -2.01. The van der Waals surface area contributed by atoms with Crippen LogP contribution < -0.4 is 4.90 Å². The van der Waals surface area contributed by atoms with Gasteiger partial charge in [0, 0.05) is 31.7 Å². The van der Waals surface area contributed by atoms with Gasteiger partial charge in [-0.3, -0.25) is 0 Å². The van der Waals surface area contributed by atoms with Gasteiger partial charge in [0.1, 0.15) is 5.69 Å². The molecule has 0 atom stereocenters. The predicted octanol–water partition coefficient (Wildman–Crippen LogP) is 2.30. The summed E-state index contributed by atoms with van der Waals surface area (Å²) in [6.07, 6.45) is 0. The van der Waals surface area contributed by atoms with Crippen molar-refractivity contribution in [3.8, 4) is 11.4 Å². The Morgan fingerprint density at radius 1 is 1.05 bits per heavy atom. The monoisotopic (exact) mass is 297 g/mol. The molecule has 0 radical (unpaired) electrons. The minimum Gasteiger partial charge on any atom is -0.352 e. The van der Waals surface area contributed by atoms with E-state index in [-0.39, 0.29) is 0 Å². The van der Waals surface area contributed by atoms with Gasteiger partial charge in [-0.05, 0) is 26.5 Å². The molecule has 0 aliphatic carbocycles. The minimum atomic E-state index is 0.710. The fourth-order valence-electron chi connectivity index (χ4n) is 2.85. The molecule has 3 rings (SSSR count). The van der Waals surface area contributed by atoms with Crippen LogP contribution in [0.1, 0.15) is 18.2 Å². The maximum absolute atomic E-state index is 4.79. The Morgan fingerprint density at radius 2 is 1.82 bits per heavy atom. The lowest BCUT2D eigenvalue weighted by Gasteiger charge is -2.35. The van der Waals surface area contributed by atoms with E-state index >= 15 is 0 Å². The Morgan fingerprint density at radius 3 is 2.50 bits per heavy atom. The minimum absolute atomic E-state index is 0.710. The number of hydrogen-bond acceptors (Lipinski definition) is 5. The lowest BCUT2D eigenvalue weighted by molar-refractivity contribution is 0.270. The highest BCUT2D eigenvalue weighted by Gasteiger charge is 2.20. The zero-order chi connectivity index (χ0) is 15.5. The third-order valence-electron chi connectivity index (χ3n) is 4.23. The Kier molecular flexibility index (Phi) is 4.34. The van der Waals surface area contributed by atoms with E-state index in [4.69, 9.17) is 4.98 Å². The predicted molar refractivity (Wildman–Crippen MR) is 89.1 cm³/mol. The second-order valence-corrected chi connectivity index (χ2v) is 5.84. The largest absolute Gasteiger partial charge is 0.352 e. The van der Waals surface area contributed by atoms with Gasteiger partial charge in [-0.2, -0.15) is 0 Å². The van der Waals surface area contributed by atoms with E-state index < -0.39 is 0 Å². The first-order valence-electron chi connectivity index (χ1n) is 7.93. The summed E-state index contributed by atoms with van der Waals surface area (Å²) < 4.78 is 0. The molecule has 0 spiro atoms. The SMILES string of the molecule is CCN1CCN(c2nc(-c3cccc(C)c3)nnc2C)CC1. The van der Waals surface area contributed by atoms with Gasteiger partial charge in [-0.15, -0.1) is 10.2 Å². The third kappa shape index (κ3) is 3.09. The lowest BCUT2D eigenvalue weighted by Crippen LogP contribution is -2.46. The maximum Gasteiger partial charge on any atom is 0.183 e. The molecule has 0 amide bonds. The number of nitrogens with zero attached hydrogens (tertiary/aromatic N) is 5. The van der Waals surface area contributed by atoms with Crippen molar-refractivity contribution in [1.82, 2.24) is 20.1 Å². The van der Waals surface area contributed by atoms with Gasteiger partial charge < -0.3 is 9.80 Å². The molecule has 0 bridgehead atoms. The van der Waals surface area contributed by atoms with Crippen LogP contribution in [0.2, 0.25) is 0 Å². The average molecular weight is 297 g/mol. The number of anilines is 1. The summed E-state index contributed by atoms with van der Waals surface area (Å²) in [5.41, 5.74) is 3.14. The smallest absolute Gasteiger partial charge is 0.183 e. The van der Waals surface area contributed by atoms with Crippen molar-refractivity contribution < 1.29 is 0 Å². The molecule has 0 unspecified atom stereocenters. The Balaban J connectivity index is 1.87. The van der Waals surface area contributed by atoms with Crippen molar-refractivity contribution >= 4 is 5.82 Å². The van der Waals surface area contributed by atoms with Crippen LogP contribution >= 0.6 is 0 Å². The van der Waals surface area contributed by atoms with E-state index in [9.17, 15) is 0 Å². The van der Waals surface area contributed by atoms with Crippen LogP contribution in [-0.4, -0.2) is 52.8 Å². The highest BCUT2D eigenvalue weighted by Crippen LogP contribution is 2.21. The molecule has 5 nitrogen and oxygen atoms in total. The number of hydrogen-bond donors (Lipinski definition) is 0. The van der Waals surface area contributed by atoms with Gasteiger partial charge >= 0.3 is 0 Å². The molecular weight excluding hydrogens is 274 g/mol. The molecule has 1 aromatic heterocycles. The summed E-state index contributed by atoms with van der Waals surface area (Å²) in [4.78, 5) is 9.58. The van der Waals surface area contributed by atoms with Crippen LogP contribution in [0.25, 0.3) is 11.4 Å². The van der Waals surface area contributed by atoms with Gasteiger partial charge in [0.2, 0.25) is 0 Å². The van der Waals surface area contributed by atoms with Crippen molar-refractivity contribution in [1.29, 1.82) is 0 Å². The molecule has 116 valence electrons. The van der Waals surface area contributed by atoms with Gasteiger partial charge in [0.15, 0.2) is 11.6 Å². The normalized spacial score (nSPS) is 16.0. The van der Waals surface area contributed by atoms with Crippen molar-refractivity contribution in [2.45, 2.75) is 20.8 Å². The van der Waals surface area contributed by atoms with Gasteiger partial charge in [0.25, 0.3) is 0 Å². The van der Waals surface area contributed by atoms with Crippen LogP contribution in [0.3, 0.4) is 0 Å². The Bertz CT molecular complexity index is 647. The highest BCUT2D eigenvalue weighted by atomic mass is 15.3. The molecule has 1 saturated heterocycles. The summed E-state index contributed by atoms with van der Waals surface area (Å²) in [6, 6.07) is 8.26. The first-order valence-corrected chi connectivity index (χ1v) is 7.93. The summed E-state index contributed by atoms with van der Waals surface area (Å²) in [6.45, 7) is 11.6. The van der Waals surface area contributed by atoms with E-state index in [1.807, 2.05) is 19.1 Å². The van der Waals surface area contributed by atoms with Crippen molar-refractivity contribution in [2.24, 2.45) is 0 Å². The van der Waals surface area contributed by atoms with E-state index in [2.05, 4.69) is 46.0 Å². The summed E-state index contributed by atoms with van der Waals surface area (Å²) in [7, 11) is 0. The molecular formula is C17H23N5. The van der Waals surface area contributed by atoms with Crippen molar-refractivity contribution in [3.63, 3.8) is 0 Å². The number of aryl methyl sites for hydroxylation is 2. The van der Waals surface area contributed by atoms with Crippen LogP contribution in [-0.2, 0) is 0 Å². The molecule has 5 heteroatoms. The number of rotatable bonds is 3. The summed E-state index contributed by atoms with van der Waals surface area (Å²) in [5, 5.41) is 8.61. The molecule has 1 aliphatic rings. The van der Waals surface area contributed by atoms with Gasteiger partial charge in [-0.25, -0.2) is 4.98 Å². The quantitative estimate of drug-likeness (QED) is 0.870. The second kappa shape index (κ2) is 6.40. The highest BCUT2D eigenvalue weighted by molar-refractivity contribution is 5.58. The molecule has 0 saturated carbocycles. The van der Waals surface area contributed by atoms with Crippen molar-refractivity contribution in [3.05, 3.63) is 35.5 Å². The molecule has 0 N–H and O–H groups in total. The average Bonchev–Trinajstić information content (AvgIpc) is 2.55. The zero-order valence-corrected chi connectivity index (χ0v) is 13.6. The van der Waals surface area contributed by atoms with Crippen LogP contribution in [0, 0.1) is 13.8 Å². The van der Waals surface area contributed by atoms with Crippen LogP contribution in [0.5, 0.6) is 0 Å². The number of piperazine rings is 1. The first kappa shape index (κ1) is 14.9. The zero-order valence-electron chi connectivity index (χ0n) is 13.6.